The van der Waals surface area contributed by atoms with E-state index in [4.69, 9.17) is 29.4 Å². The van der Waals surface area contributed by atoms with Crippen molar-refractivity contribution in [2.75, 3.05) is 33.3 Å². The maximum atomic E-state index is 13.6. The number of aromatic hydroxyl groups is 1. The van der Waals surface area contributed by atoms with E-state index in [0.717, 1.165) is 11.1 Å². The lowest BCUT2D eigenvalue weighted by Gasteiger charge is -2.61. The number of ether oxygens (including phenoxy) is 5. The summed E-state index contributed by atoms with van der Waals surface area (Å²) in [4.78, 5) is 43.3. The first-order valence-electron chi connectivity index (χ1n) is 16.2. The number of piperazine rings is 1. The molecule has 2 aromatic rings. The lowest BCUT2D eigenvalue weighted by Crippen LogP contribution is -2.69. The molecule has 2 aromatic carbocycles. The summed E-state index contributed by atoms with van der Waals surface area (Å²) in [6.45, 7) is 6.25. The van der Waals surface area contributed by atoms with Crippen LogP contribution in [0.2, 0.25) is 0 Å². The molecule has 14 nitrogen and oxygen atoms in total. The average molecular weight is 694 g/mol. The summed E-state index contributed by atoms with van der Waals surface area (Å²) >= 11 is 1.37. The zero-order valence-electron chi connectivity index (χ0n) is 28.1. The summed E-state index contributed by atoms with van der Waals surface area (Å²) in [7, 11) is 3.47. The maximum Gasteiger partial charge on any atom is 0.329 e. The molecule has 3 unspecified atom stereocenters. The fraction of sp³-hybridized carbons (Fsp3) is 0.529. The van der Waals surface area contributed by atoms with Crippen molar-refractivity contribution in [1.82, 2.24) is 15.1 Å². The Kier molecular flexibility index (Phi) is 8.33. The van der Waals surface area contributed by atoms with E-state index in [0.29, 0.717) is 51.7 Å². The van der Waals surface area contributed by atoms with E-state index < -0.39 is 59.3 Å². The number of nitrogens with one attached hydrogen (secondary N) is 1. The van der Waals surface area contributed by atoms with Crippen LogP contribution in [0.15, 0.2) is 6.07 Å². The smallest absolute Gasteiger partial charge is 0.329 e. The van der Waals surface area contributed by atoms with Crippen molar-refractivity contribution >= 4 is 29.6 Å². The summed E-state index contributed by atoms with van der Waals surface area (Å²) in [5.74, 6) is -0.0698. The van der Waals surface area contributed by atoms with Gasteiger partial charge in [0.2, 0.25) is 12.7 Å². The second-order valence-corrected chi connectivity index (χ2v) is 14.4. The number of fused-ring (bicyclic) bond motifs is 9. The van der Waals surface area contributed by atoms with Crippen molar-refractivity contribution in [2.45, 2.75) is 81.7 Å². The number of esters is 2. The first kappa shape index (κ1) is 33.3. The third kappa shape index (κ3) is 4.99. The number of nitrogens with zero attached hydrogens (tertiary/aromatic N) is 3. The Morgan fingerprint density at radius 1 is 1.18 bits per heavy atom. The second-order valence-electron chi connectivity index (χ2n) is 13.2. The van der Waals surface area contributed by atoms with Crippen molar-refractivity contribution in [3.8, 4) is 34.8 Å². The first-order chi connectivity index (χ1) is 23.4. The van der Waals surface area contributed by atoms with Crippen LogP contribution in [0.4, 0.5) is 0 Å². The van der Waals surface area contributed by atoms with E-state index >= 15 is 0 Å². The third-order valence-corrected chi connectivity index (χ3v) is 11.8. The van der Waals surface area contributed by atoms with Gasteiger partial charge < -0.3 is 39.8 Å². The zero-order valence-corrected chi connectivity index (χ0v) is 28.9. The van der Waals surface area contributed by atoms with Gasteiger partial charge in [0, 0.05) is 47.0 Å². The molecule has 5 aliphatic heterocycles. The highest BCUT2D eigenvalue weighted by atomic mass is 32.2. The number of cyclic esters (lactones) is 1. The number of aryl methyl sites for hydroxylation is 1. The Labute approximate surface area is 287 Å². The minimum absolute atomic E-state index is 0.0249. The highest BCUT2D eigenvalue weighted by Crippen LogP contribution is 2.64. The molecule has 1 amide bonds. The SMILES string of the molecule is COc1c(C)cc2c(c1O)[C@@H]1C3[C@@H]4SCC(NC(=O)C(C)N)C(=O)OC[C@H](c5c6c(c(C)c(OC(C)=O)c54)OCO6)N3[C@@H](C#N)[C@H](C2)N1C. The molecular formula is C34H39N5O9S. The molecule has 2 fully saturated rings. The van der Waals surface area contributed by atoms with Crippen molar-refractivity contribution in [2.24, 2.45) is 5.73 Å². The number of phenols is 1. The Balaban J connectivity index is 1.52. The van der Waals surface area contributed by atoms with Crippen LogP contribution >= 0.6 is 11.8 Å². The molecule has 0 radical (unpaired) electrons. The van der Waals surface area contributed by atoms with Crippen LogP contribution in [0.1, 0.15) is 64.6 Å². The van der Waals surface area contributed by atoms with Gasteiger partial charge in [0.05, 0.1) is 36.6 Å². The Morgan fingerprint density at radius 3 is 2.59 bits per heavy atom. The van der Waals surface area contributed by atoms with Gasteiger partial charge in [-0.3, -0.25) is 19.4 Å². The van der Waals surface area contributed by atoms with Crippen molar-refractivity contribution in [3.05, 3.63) is 39.4 Å². The maximum absolute atomic E-state index is 13.6. The fourth-order valence-corrected chi connectivity index (χ4v) is 9.88. The van der Waals surface area contributed by atoms with Gasteiger partial charge in [-0.15, -0.1) is 11.8 Å². The molecule has 5 aliphatic rings. The highest BCUT2D eigenvalue weighted by Gasteiger charge is 2.60. The molecule has 4 N–H and O–H groups in total. The number of nitrogens with two attached hydrogens (primary N) is 1. The summed E-state index contributed by atoms with van der Waals surface area (Å²) < 4.78 is 29.7. The molecule has 0 spiro atoms. The number of likely N-dealkylation sites (N-methyl/N-ethyl adjacent to an activating group) is 1. The monoisotopic (exact) mass is 693 g/mol. The summed E-state index contributed by atoms with van der Waals surface area (Å²) in [6.07, 6.45) is 0.481. The number of methoxy groups -OCH3 is 1. The highest BCUT2D eigenvalue weighted by molar-refractivity contribution is 7.99. The van der Waals surface area contributed by atoms with Crippen LogP contribution in [-0.2, 0) is 25.5 Å². The zero-order chi connectivity index (χ0) is 35.0. The number of phenolic OH excluding ortho intramolecular Hbond substituents is 1. The molecule has 2 saturated heterocycles. The molecule has 260 valence electrons. The number of nitriles is 1. The molecule has 5 heterocycles. The number of hydrogen-bond acceptors (Lipinski definition) is 14. The molecule has 7 rings (SSSR count). The molecule has 8 atom stereocenters. The first-order valence-corrected chi connectivity index (χ1v) is 17.2. The molecule has 0 aliphatic carbocycles. The van der Waals surface area contributed by atoms with Crippen LogP contribution in [-0.4, -0.2) is 96.3 Å². The standard InChI is InChI=1S/C34H39N5O9S/c1-13-7-17-8-19-20(9-35)39-21-10-45-34(43)18(37-33(42)15(3)36)11-49-32(26(39)25(38(19)5)22(17)27(41)28(13)44-6)24-23(21)31-30(46-12-47-31)14(2)29(24)48-16(4)40/h7,15,18-21,25-26,32,41H,8,10-12,36H2,1-6H3,(H,37,42)/t15?,18?,19-,20-,21+,25+,26?,32+/m0/s1. The van der Waals surface area contributed by atoms with E-state index in [9.17, 15) is 24.8 Å². The fourth-order valence-electron chi connectivity index (χ4n) is 8.37. The number of amides is 1. The van der Waals surface area contributed by atoms with Crippen molar-refractivity contribution in [1.29, 1.82) is 5.26 Å². The lowest BCUT2D eigenvalue weighted by molar-refractivity contribution is -0.152. The van der Waals surface area contributed by atoms with E-state index in [1.165, 1.54) is 32.7 Å². The predicted octanol–water partition coefficient (Wildman–Crippen LogP) is 2.06. The minimum Gasteiger partial charge on any atom is -0.504 e. The van der Waals surface area contributed by atoms with Gasteiger partial charge in [0.1, 0.15) is 24.4 Å². The number of benzene rings is 2. The molecule has 15 heteroatoms. The molecule has 49 heavy (non-hydrogen) atoms. The number of carbonyl (C=O) groups is 3. The average Bonchev–Trinajstić information content (AvgIpc) is 3.54. The Bertz CT molecular complexity index is 1810. The number of thioether (sulfide) groups is 1. The van der Waals surface area contributed by atoms with E-state index in [1.807, 2.05) is 20.0 Å². The second kappa shape index (κ2) is 12.3. The van der Waals surface area contributed by atoms with Gasteiger partial charge in [-0.05, 0) is 45.4 Å². The van der Waals surface area contributed by atoms with E-state index in [2.05, 4.69) is 21.2 Å². The quantitative estimate of drug-likeness (QED) is 0.312. The number of hydrogen-bond donors (Lipinski definition) is 3. The minimum atomic E-state index is -1.04. The summed E-state index contributed by atoms with van der Waals surface area (Å²) in [6, 6.07) is -0.0699. The van der Waals surface area contributed by atoms with Crippen LogP contribution < -0.4 is 30.0 Å². The molecule has 0 aromatic heterocycles. The largest absolute Gasteiger partial charge is 0.504 e. The normalized spacial score (nSPS) is 29.0. The summed E-state index contributed by atoms with van der Waals surface area (Å²) in [5, 5.41) is 24.9. The Hall–Kier alpha value is -4.23. The van der Waals surface area contributed by atoms with Crippen molar-refractivity contribution in [3.63, 3.8) is 0 Å². The van der Waals surface area contributed by atoms with Crippen LogP contribution in [0.5, 0.6) is 28.7 Å². The van der Waals surface area contributed by atoms with Gasteiger partial charge in [-0.25, -0.2) is 4.79 Å². The van der Waals surface area contributed by atoms with Crippen molar-refractivity contribution < 1.29 is 43.2 Å². The van der Waals surface area contributed by atoms with Crippen LogP contribution in [0, 0.1) is 25.2 Å². The lowest BCUT2D eigenvalue weighted by atomic mass is 9.71. The number of carbonyl (C=O) groups excluding carboxylic acids is 3. The summed E-state index contributed by atoms with van der Waals surface area (Å²) in [5.41, 5.74) is 10.1. The molecule has 4 bridgehead atoms. The third-order valence-electron chi connectivity index (χ3n) is 10.4. The molecule has 0 saturated carbocycles. The van der Waals surface area contributed by atoms with Gasteiger partial charge in [0.15, 0.2) is 23.0 Å². The van der Waals surface area contributed by atoms with Gasteiger partial charge in [-0.2, -0.15) is 5.26 Å². The van der Waals surface area contributed by atoms with E-state index in [1.54, 1.807) is 6.92 Å². The van der Waals surface area contributed by atoms with E-state index in [-0.39, 0.29) is 30.9 Å². The molecular weight excluding hydrogens is 654 g/mol. The van der Waals surface area contributed by atoms with Gasteiger partial charge in [-0.1, -0.05) is 6.07 Å². The van der Waals surface area contributed by atoms with Gasteiger partial charge >= 0.3 is 11.9 Å². The number of rotatable bonds is 4. The van der Waals surface area contributed by atoms with Gasteiger partial charge in [0.25, 0.3) is 0 Å². The predicted molar refractivity (Wildman–Crippen MR) is 176 cm³/mol. The van der Waals surface area contributed by atoms with Crippen LogP contribution in [0.3, 0.4) is 0 Å². The topological polar surface area (TPSA) is 186 Å². The Morgan fingerprint density at radius 2 is 1.92 bits per heavy atom. The van der Waals surface area contributed by atoms with Crippen LogP contribution in [0.25, 0.3) is 0 Å².